The van der Waals surface area contributed by atoms with Gasteiger partial charge in [0.05, 0.1) is 10.5 Å². The summed E-state index contributed by atoms with van der Waals surface area (Å²) in [5.74, 6) is -0.107. The Labute approximate surface area is 168 Å². The van der Waals surface area contributed by atoms with Crippen molar-refractivity contribution in [3.8, 4) is 0 Å². The molecule has 3 heterocycles. The van der Waals surface area contributed by atoms with Gasteiger partial charge < -0.3 is 5.32 Å². The van der Waals surface area contributed by atoms with Crippen molar-refractivity contribution >= 4 is 28.6 Å². The smallest absolute Gasteiger partial charge is 0.270 e. The number of non-ortho nitro benzene ring substituents is 1. The molecule has 0 fully saturated rings. The number of fused-ring (bicyclic) bond motifs is 1. The van der Waals surface area contributed by atoms with Gasteiger partial charge in [0.2, 0.25) is 0 Å². The fourth-order valence-electron chi connectivity index (χ4n) is 4.30. The zero-order valence-corrected chi connectivity index (χ0v) is 15.9. The van der Waals surface area contributed by atoms with Crippen LogP contribution in [0.5, 0.6) is 0 Å². The number of hydrogen-bond donors (Lipinski definition) is 3. The van der Waals surface area contributed by atoms with Gasteiger partial charge in [0.15, 0.2) is 5.78 Å². The molecule has 8 nitrogen and oxygen atoms in total. The monoisotopic (exact) mass is 408 g/mol. The van der Waals surface area contributed by atoms with Crippen LogP contribution < -0.4 is 10.9 Å². The highest BCUT2D eigenvalue weighted by Gasteiger charge is 2.40. The summed E-state index contributed by atoms with van der Waals surface area (Å²) in [6, 6.07) is 10.1. The summed E-state index contributed by atoms with van der Waals surface area (Å²) in [6.07, 6.45) is 0.990. The molecule has 0 saturated carbocycles. The van der Waals surface area contributed by atoms with Crippen LogP contribution in [0.3, 0.4) is 0 Å². The molecule has 5 rings (SSSR count). The average Bonchev–Trinajstić information content (AvgIpc) is 3.37. The summed E-state index contributed by atoms with van der Waals surface area (Å²) < 4.78 is 0. The Balaban J connectivity index is 1.67. The molecule has 3 N–H and O–H groups in total. The maximum Gasteiger partial charge on any atom is 0.270 e. The number of aromatic amines is 2. The molecular formula is C20H16N4O4S. The lowest BCUT2D eigenvalue weighted by molar-refractivity contribution is -0.384. The molecule has 0 bridgehead atoms. The summed E-state index contributed by atoms with van der Waals surface area (Å²) in [6.45, 7) is 0. The van der Waals surface area contributed by atoms with Crippen LogP contribution in [0, 0.1) is 10.1 Å². The van der Waals surface area contributed by atoms with Crippen LogP contribution in [0.4, 0.5) is 11.5 Å². The topological polar surface area (TPSA) is 121 Å². The molecule has 1 aliphatic heterocycles. The second kappa shape index (κ2) is 6.56. The highest BCUT2D eigenvalue weighted by molar-refractivity contribution is 7.10. The number of benzene rings is 1. The van der Waals surface area contributed by atoms with Crippen molar-refractivity contribution in [1.29, 1.82) is 0 Å². The molecule has 0 unspecified atom stereocenters. The number of nitrogens with one attached hydrogen (secondary N) is 3. The van der Waals surface area contributed by atoms with Crippen molar-refractivity contribution in [2.24, 2.45) is 0 Å². The molecule has 2 aromatic heterocycles. The third-order valence-corrected chi connectivity index (χ3v) is 6.57. The molecule has 1 aromatic carbocycles. The molecule has 0 saturated heterocycles. The SMILES string of the molecule is O=C1C[C@@H](c2cccs2)CC2=C1[C@H](c1cccc([N+](=O)[O-])c1)c1c([nH][nH]c1=O)N2. The molecule has 0 spiro atoms. The first-order valence-corrected chi connectivity index (χ1v) is 10.0. The first-order valence-electron chi connectivity index (χ1n) is 9.14. The highest BCUT2D eigenvalue weighted by atomic mass is 32.1. The third kappa shape index (κ3) is 2.82. The number of hydrogen-bond acceptors (Lipinski definition) is 6. The zero-order valence-electron chi connectivity index (χ0n) is 15.1. The Hall–Kier alpha value is -3.46. The van der Waals surface area contributed by atoms with Gasteiger partial charge in [-0.3, -0.25) is 29.9 Å². The largest absolute Gasteiger partial charge is 0.343 e. The van der Waals surface area contributed by atoms with E-state index in [-0.39, 0.29) is 22.9 Å². The Morgan fingerprint density at radius 3 is 2.72 bits per heavy atom. The molecule has 0 radical (unpaired) electrons. The van der Waals surface area contributed by atoms with Gasteiger partial charge in [0.1, 0.15) is 5.82 Å². The number of nitrogens with zero attached hydrogens (tertiary/aromatic N) is 1. The predicted octanol–water partition coefficient (Wildman–Crippen LogP) is 3.63. The van der Waals surface area contributed by atoms with E-state index in [1.165, 1.54) is 12.1 Å². The van der Waals surface area contributed by atoms with E-state index < -0.39 is 10.8 Å². The number of ketones is 1. The predicted molar refractivity (Wildman–Crippen MR) is 108 cm³/mol. The normalized spacial score (nSPS) is 20.8. The van der Waals surface area contributed by atoms with Crippen molar-refractivity contribution in [3.63, 3.8) is 0 Å². The maximum atomic E-state index is 13.2. The van der Waals surface area contributed by atoms with Crippen LogP contribution in [-0.2, 0) is 4.79 Å². The van der Waals surface area contributed by atoms with Crippen LogP contribution in [0.15, 0.2) is 57.8 Å². The minimum Gasteiger partial charge on any atom is -0.343 e. The minimum atomic E-state index is -0.645. The fourth-order valence-corrected chi connectivity index (χ4v) is 5.13. The van der Waals surface area contributed by atoms with Gasteiger partial charge in [0.25, 0.3) is 11.2 Å². The second-order valence-corrected chi connectivity index (χ2v) is 8.19. The molecule has 1 aliphatic carbocycles. The number of carbonyl (C=O) groups is 1. The number of thiophene rings is 1. The number of allylic oxidation sites excluding steroid dienone is 2. The Morgan fingerprint density at radius 2 is 1.97 bits per heavy atom. The van der Waals surface area contributed by atoms with Crippen LogP contribution in [0.25, 0.3) is 0 Å². The number of carbonyl (C=O) groups excluding carboxylic acids is 1. The molecule has 29 heavy (non-hydrogen) atoms. The number of rotatable bonds is 3. The first kappa shape index (κ1) is 17.6. The minimum absolute atomic E-state index is 0.0418. The van der Waals surface area contributed by atoms with Gasteiger partial charge in [-0.25, -0.2) is 0 Å². The van der Waals surface area contributed by atoms with Gasteiger partial charge >= 0.3 is 0 Å². The van der Waals surface area contributed by atoms with Crippen LogP contribution in [0.2, 0.25) is 0 Å². The summed E-state index contributed by atoms with van der Waals surface area (Å²) in [7, 11) is 0. The lowest BCUT2D eigenvalue weighted by Crippen LogP contribution is -2.31. The van der Waals surface area contributed by atoms with Crippen molar-refractivity contribution < 1.29 is 9.72 Å². The van der Waals surface area contributed by atoms with Crippen LogP contribution in [-0.4, -0.2) is 20.9 Å². The number of nitro benzene ring substituents is 1. The Morgan fingerprint density at radius 1 is 1.10 bits per heavy atom. The molecule has 2 aliphatic rings. The number of Topliss-reactive ketones (excluding diaryl/α,β-unsaturated/α-hetero) is 1. The zero-order chi connectivity index (χ0) is 20.1. The Bertz CT molecular complexity index is 1220. The van der Waals surface area contributed by atoms with E-state index in [2.05, 4.69) is 15.5 Å². The average molecular weight is 408 g/mol. The maximum absolute atomic E-state index is 13.2. The molecular weight excluding hydrogens is 392 g/mol. The van der Waals surface area contributed by atoms with E-state index in [1.807, 2.05) is 17.5 Å². The van der Waals surface area contributed by atoms with E-state index in [9.17, 15) is 19.7 Å². The second-order valence-electron chi connectivity index (χ2n) is 7.21. The molecule has 146 valence electrons. The van der Waals surface area contributed by atoms with Crippen molar-refractivity contribution in [3.05, 3.63) is 89.5 Å². The Kier molecular flexibility index (Phi) is 3.99. The van der Waals surface area contributed by atoms with Crippen LogP contribution in [0.1, 0.15) is 40.7 Å². The summed E-state index contributed by atoms with van der Waals surface area (Å²) in [5.41, 5.74) is 1.81. The highest BCUT2D eigenvalue weighted by Crippen LogP contribution is 2.47. The number of H-pyrrole nitrogens is 2. The van der Waals surface area contributed by atoms with Crippen LogP contribution >= 0.6 is 11.3 Å². The lowest BCUT2D eigenvalue weighted by atomic mass is 9.74. The van der Waals surface area contributed by atoms with E-state index in [0.717, 1.165) is 10.6 Å². The van der Waals surface area contributed by atoms with Crippen molar-refractivity contribution in [2.45, 2.75) is 24.7 Å². The molecule has 9 heteroatoms. The lowest BCUT2D eigenvalue weighted by Gasteiger charge is -2.34. The number of aromatic nitrogens is 2. The quantitative estimate of drug-likeness (QED) is 0.451. The van der Waals surface area contributed by atoms with E-state index in [4.69, 9.17) is 0 Å². The molecule has 2 atom stereocenters. The summed E-state index contributed by atoms with van der Waals surface area (Å²) in [4.78, 5) is 37.7. The van der Waals surface area contributed by atoms with Crippen molar-refractivity contribution in [2.75, 3.05) is 5.32 Å². The van der Waals surface area contributed by atoms with Gasteiger partial charge in [-0.05, 0) is 23.4 Å². The van der Waals surface area contributed by atoms with Gasteiger partial charge in [-0.2, -0.15) is 0 Å². The van der Waals surface area contributed by atoms with E-state index in [0.29, 0.717) is 35.4 Å². The summed E-state index contributed by atoms with van der Waals surface area (Å²) in [5, 5.41) is 21.9. The van der Waals surface area contributed by atoms with Gasteiger partial charge in [-0.1, -0.05) is 18.2 Å². The summed E-state index contributed by atoms with van der Waals surface area (Å²) >= 11 is 1.62. The van der Waals surface area contributed by atoms with E-state index >= 15 is 0 Å². The molecule has 0 amide bonds. The van der Waals surface area contributed by atoms with Gasteiger partial charge in [-0.15, -0.1) is 11.3 Å². The van der Waals surface area contributed by atoms with Gasteiger partial charge in [0, 0.05) is 46.5 Å². The molecule has 3 aromatic rings. The fraction of sp³-hybridized carbons (Fsp3) is 0.200. The number of nitro groups is 1. The number of anilines is 1. The first-order chi connectivity index (χ1) is 14.0. The standard InChI is InChI=1S/C20H16N4O4S/c25-14-9-11(15-5-2-6-29-15)8-13-17(14)16(18-19(21-13)22-23-20(18)26)10-3-1-4-12(7-10)24(27)28/h1-7,11,16H,8-9H2,(H3,21,22,23,26)/t11-,16-/m0/s1. The van der Waals surface area contributed by atoms with E-state index in [1.54, 1.807) is 23.5 Å². The third-order valence-electron chi connectivity index (χ3n) is 5.54. The van der Waals surface area contributed by atoms with Crippen molar-refractivity contribution in [1.82, 2.24) is 10.2 Å².